The van der Waals surface area contributed by atoms with E-state index in [-0.39, 0.29) is 25.0 Å². The Hall–Kier alpha value is -2.40. The zero-order valence-corrected chi connectivity index (χ0v) is 15.1. The van der Waals surface area contributed by atoms with E-state index in [1.165, 1.54) is 0 Å². The van der Waals surface area contributed by atoms with Gasteiger partial charge in [-0.15, -0.1) is 5.10 Å². The second-order valence-electron chi connectivity index (χ2n) is 6.66. The number of halogens is 2. The monoisotopic (exact) mass is 397 g/mol. The zero-order valence-electron chi connectivity index (χ0n) is 14.3. The number of carbonyl (C=O) groups is 1. The first-order valence-electron chi connectivity index (χ1n) is 8.48. The molecule has 4 rings (SSSR count). The molecule has 0 aliphatic carbocycles. The van der Waals surface area contributed by atoms with Crippen molar-refractivity contribution in [1.29, 1.82) is 0 Å². The highest BCUT2D eigenvalue weighted by Gasteiger charge is 2.39. The van der Waals surface area contributed by atoms with Crippen LogP contribution in [-0.4, -0.2) is 58.2 Å². The van der Waals surface area contributed by atoms with Crippen LogP contribution in [-0.2, 0) is 21.4 Å². The number of carbonyl (C=O) groups excluding carboxylic acids is 1. The maximum Gasteiger partial charge on any atom is 0.246 e. The first kappa shape index (κ1) is 18.0. The van der Waals surface area contributed by atoms with Crippen LogP contribution in [0.2, 0.25) is 0 Å². The average molecular weight is 397 g/mol. The van der Waals surface area contributed by atoms with Crippen LogP contribution in [0.25, 0.3) is 0 Å². The molecule has 3 heterocycles. The fourth-order valence-electron chi connectivity index (χ4n) is 3.23. The van der Waals surface area contributed by atoms with Crippen molar-refractivity contribution >= 4 is 15.9 Å². The largest absolute Gasteiger partial charge is 0.337 e. The number of aromatic nitrogens is 3. The van der Waals surface area contributed by atoms with Gasteiger partial charge in [-0.1, -0.05) is 5.21 Å². The first-order valence-corrected chi connectivity index (χ1v) is 9.92. The van der Waals surface area contributed by atoms with Crippen LogP contribution in [0.3, 0.4) is 0 Å². The Labute approximate surface area is 154 Å². The molecule has 2 fully saturated rings. The molecule has 1 aromatic carbocycles. The summed E-state index contributed by atoms with van der Waals surface area (Å²) in [5, 5.41) is 8.03. The molecule has 27 heavy (non-hydrogen) atoms. The second kappa shape index (κ2) is 6.64. The predicted octanol–water partition coefficient (Wildman–Crippen LogP) is 0.924. The number of amides is 1. The Morgan fingerprint density at radius 1 is 1.22 bits per heavy atom. The van der Waals surface area contributed by atoms with E-state index in [1.54, 1.807) is 15.8 Å². The Kier molecular flexibility index (Phi) is 4.42. The van der Waals surface area contributed by atoms with E-state index in [2.05, 4.69) is 10.3 Å². The van der Waals surface area contributed by atoms with Gasteiger partial charge in [0.2, 0.25) is 15.9 Å². The second-order valence-corrected chi connectivity index (χ2v) is 8.57. The summed E-state index contributed by atoms with van der Waals surface area (Å²) in [6.45, 7) is 1.25. The number of nitrogens with zero attached hydrogens (tertiary/aromatic N) is 5. The number of sulfonamides is 1. The summed E-state index contributed by atoms with van der Waals surface area (Å²) in [4.78, 5) is 12.7. The number of hydrogen-bond acceptors (Lipinski definition) is 5. The molecular weight excluding hydrogens is 380 g/mol. The van der Waals surface area contributed by atoms with Gasteiger partial charge < -0.3 is 4.90 Å². The minimum atomic E-state index is -4.11. The molecule has 2 aliphatic rings. The molecule has 0 unspecified atom stereocenters. The molecular formula is C16H17F2N5O3S. The van der Waals surface area contributed by atoms with Gasteiger partial charge in [0.1, 0.15) is 22.2 Å². The minimum absolute atomic E-state index is 0.0857. The lowest BCUT2D eigenvalue weighted by Gasteiger charge is -2.37. The van der Waals surface area contributed by atoms with Crippen LogP contribution in [0.4, 0.5) is 8.78 Å². The van der Waals surface area contributed by atoms with Crippen LogP contribution in [0.1, 0.15) is 24.6 Å². The Morgan fingerprint density at radius 3 is 2.70 bits per heavy atom. The molecule has 1 aromatic heterocycles. The van der Waals surface area contributed by atoms with Gasteiger partial charge in [0, 0.05) is 26.1 Å². The average Bonchev–Trinajstić information content (AvgIpc) is 3.18. The van der Waals surface area contributed by atoms with E-state index >= 15 is 0 Å². The highest BCUT2D eigenvalue weighted by Crippen LogP contribution is 2.29. The summed E-state index contributed by atoms with van der Waals surface area (Å²) in [5.74, 6) is -1.72. The number of rotatable bonds is 5. The van der Waals surface area contributed by atoms with Crippen molar-refractivity contribution in [3.63, 3.8) is 0 Å². The molecule has 0 atom stereocenters. The quantitative estimate of drug-likeness (QED) is 0.749. The van der Waals surface area contributed by atoms with Gasteiger partial charge in [-0.25, -0.2) is 21.9 Å². The fourth-order valence-corrected chi connectivity index (χ4v) is 4.82. The summed E-state index contributed by atoms with van der Waals surface area (Å²) >= 11 is 0. The van der Waals surface area contributed by atoms with Crippen LogP contribution in [0.15, 0.2) is 29.3 Å². The topological polar surface area (TPSA) is 88.4 Å². The highest BCUT2D eigenvalue weighted by atomic mass is 32.2. The maximum atomic E-state index is 13.8. The van der Waals surface area contributed by atoms with Gasteiger partial charge in [-0.05, 0) is 24.6 Å². The van der Waals surface area contributed by atoms with Crippen LogP contribution in [0, 0.1) is 11.6 Å². The van der Waals surface area contributed by atoms with E-state index in [0.29, 0.717) is 31.3 Å². The third-order valence-corrected chi connectivity index (χ3v) is 6.64. The van der Waals surface area contributed by atoms with Crippen molar-refractivity contribution in [1.82, 2.24) is 24.2 Å². The molecule has 0 N–H and O–H groups in total. The van der Waals surface area contributed by atoms with Crippen molar-refractivity contribution in [2.75, 3.05) is 19.6 Å². The van der Waals surface area contributed by atoms with Gasteiger partial charge >= 0.3 is 0 Å². The smallest absolute Gasteiger partial charge is 0.246 e. The highest BCUT2D eigenvalue weighted by molar-refractivity contribution is 7.89. The summed E-state index contributed by atoms with van der Waals surface area (Å²) in [7, 11) is -4.11. The van der Waals surface area contributed by atoms with Crippen LogP contribution < -0.4 is 0 Å². The lowest BCUT2D eigenvalue weighted by Crippen LogP contribution is -2.50. The summed E-state index contributed by atoms with van der Waals surface area (Å²) in [6.07, 6.45) is 3.06. The van der Waals surface area contributed by atoms with Crippen molar-refractivity contribution < 1.29 is 22.0 Å². The van der Waals surface area contributed by atoms with Crippen molar-refractivity contribution in [2.24, 2.45) is 0 Å². The number of likely N-dealkylation sites (tertiary alicyclic amines) is 1. The predicted molar refractivity (Wildman–Crippen MR) is 88.8 cm³/mol. The lowest BCUT2D eigenvalue weighted by atomic mass is 10.2. The number of benzene rings is 1. The maximum absolute atomic E-state index is 13.8. The SMILES string of the molecule is O=C1CCCN1Cc1cn(C2CN(S(=O)(=O)c3cc(F)ccc3F)C2)nn1. The Balaban J connectivity index is 1.42. The zero-order chi connectivity index (χ0) is 19.2. The lowest BCUT2D eigenvalue weighted by molar-refractivity contribution is -0.128. The van der Waals surface area contributed by atoms with Crippen molar-refractivity contribution in [2.45, 2.75) is 30.3 Å². The molecule has 1 amide bonds. The van der Waals surface area contributed by atoms with E-state index in [1.807, 2.05) is 0 Å². The van der Waals surface area contributed by atoms with Crippen LogP contribution in [0.5, 0.6) is 0 Å². The molecule has 144 valence electrons. The molecule has 0 radical (unpaired) electrons. The Bertz CT molecular complexity index is 988. The summed E-state index contributed by atoms with van der Waals surface area (Å²) < 4.78 is 54.7. The van der Waals surface area contributed by atoms with Gasteiger partial charge in [0.05, 0.1) is 18.8 Å². The standard InChI is InChI=1S/C16H17F2N5O3S/c17-11-3-4-14(18)15(6-11)27(25,26)22-9-13(10-22)23-8-12(19-20-23)7-21-5-1-2-16(21)24/h3-4,6,8,13H,1-2,5,7,9-10H2. The molecule has 11 heteroatoms. The van der Waals surface area contributed by atoms with Gasteiger partial charge in [0.25, 0.3) is 0 Å². The third-order valence-electron chi connectivity index (χ3n) is 4.80. The summed E-state index contributed by atoms with van der Waals surface area (Å²) in [6, 6.07) is 2.10. The van der Waals surface area contributed by atoms with Crippen molar-refractivity contribution in [3.8, 4) is 0 Å². The molecule has 2 aliphatic heterocycles. The summed E-state index contributed by atoms with van der Waals surface area (Å²) in [5.41, 5.74) is 0.628. The van der Waals surface area contributed by atoms with Gasteiger partial charge in [0.15, 0.2) is 0 Å². The van der Waals surface area contributed by atoms with E-state index in [9.17, 15) is 22.0 Å². The Morgan fingerprint density at radius 2 is 2.00 bits per heavy atom. The number of hydrogen-bond donors (Lipinski definition) is 0. The van der Waals surface area contributed by atoms with E-state index in [4.69, 9.17) is 0 Å². The normalized spacial score (nSPS) is 18.9. The van der Waals surface area contributed by atoms with Gasteiger partial charge in [-0.2, -0.15) is 4.31 Å². The van der Waals surface area contributed by atoms with E-state index in [0.717, 1.165) is 22.9 Å². The fraction of sp³-hybridized carbons (Fsp3) is 0.438. The molecule has 0 spiro atoms. The minimum Gasteiger partial charge on any atom is -0.337 e. The van der Waals surface area contributed by atoms with Gasteiger partial charge in [-0.3, -0.25) is 4.79 Å². The van der Waals surface area contributed by atoms with Crippen molar-refractivity contribution in [3.05, 3.63) is 41.7 Å². The molecule has 2 aromatic rings. The third kappa shape index (κ3) is 3.32. The van der Waals surface area contributed by atoms with Crippen LogP contribution >= 0.6 is 0 Å². The molecule has 2 saturated heterocycles. The first-order chi connectivity index (χ1) is 12.8. The molecule has 0 bridgehead atoms. The molecule has 0 saturated carbocycles. The van der Waals surface area contributed by atoms with E-state index < -0.39 is 26.6 Å². The molecule has 8 nitrogen and oxygen atoms in total.